The van der Waals surface area contributed by atoms with E-state index in [0.29, 0.717) is 25.0 Å². The quantitative estimate of drug-likeness (QED) is 0.783. The van der Waals surface area contributed by atoms with Gasteiger partial charge in [0.2, 0.25) is 5.91 Å². The fourth-order valence-corrected chi connectivity index (χ4v) is 4.07. The molecule has 5 unspecified atom stereocenters. The van der Waals surface area contributed by atoms with Crippen molar-refractivity contribution in [1.29, 1.82) is 0 Å². The number of ether oxygens (including phenoxy) is 1. The zero-order valence-corrected chi connectivity index (χ0v) is 15.7. The van der Waals surface area contributed by atoms with Gasteiger partial charge in [-0.05, 0) is 51.5 Å². The van der Waals surface area contributed by atoms with Gasteiger partial charge in [-0.25, -0.2) is 0 Å². The van der Waals surface area contributed by atoms with E-state index in [1.807, 2.05) is 13.8 Å². The number of piperidine rings is 1. The molecule has 2 fully saturated rings. The first-order valence-electron chi connectivity index (χ1n) is 9.65. The van der Waals surface area contributed by atoms with Gasteiger partial charge in [0.15, 0.2) is 0 Å². The Bertz CT molecular complexity index is 440. The summed E-state index contributed by atoms with van der Waals surface area (Å²) in [6.07, 6.45) is 5.34. The number of hydrogen-bond acceptors (Lipinski definition) is 4. The van der Waals surface area contributed by atoms with Crippen LogP contribution in [0.2, 0.25) is 0 Å². The number of carbonyl (C=O) groups is 2. The third kappa shape index (κ3) is 4.71. The highest BCUT2D eigenvalue weighted by molar-refractivity contribution is 5.82. The van der Waals surface area contributed by atoms with Gasteiger partial charge in [0.1, 0.15) is 0 Å². The van der Waals surface area contributed by atoms with E-state index in [4.69, 9.17) is 4.74 Å². The Kier molecular flexibility index (Phi) is 7.08. The molecule has 1 aliphatic heterocycles. The van der Waals surface area contributed by atoms with E-state index in [2.05, 4.69) is 24.1 Å². The van der Waals surface area contributed by atoms with Crippen LogP contribution in [-0.4, -0.2) is 48.6 Å². The number of rotatable bonds is 5. The molecule has 0 aromatic rings. The van der Waals surface area contributed by atoms with E-state index in [-0.39, 0.29) is 29.9 Å². The van der Waals surface area contributed by atoms with Gasteiger partial charge in [-0.3, -0.25) is 14.5 Å². The number of carbonyl (C=O) groups excluding carboxylic acids is 2. The van der Waals surface area contributed by atoms with Crippen molar-refractivity contribution < 1.29 is 14.3 Å². The van der Waals surface area contributed by atoms with Crippen LogP contribution in [0.4, 0.5) is 0 Å². The first kappa shape index (κ1) is 19.2. The molecule has 0 aromatic carbocycles. The average molecular weight is 338 g/mol. The third-order valence-electron chi connectivity index (χ3n) is 6.03. The van der Waals surface area contributed by atoms with Gasteiger partial charge in [0.05, 0.1) is 18.6 Å². The highest BCUT2D eigenvalue weighted by atomic mass is 16.5. The van der Waals surface area contributed by atoms with E-state index < -0.39 is 0 Å². The third-order valence-corrected chi connectivity index (χ3v) is 6.03. The predicted octanol–water partition coefficient (Wildman–Crippen LogP) is 2.59. The molecule has 1 aliphatic carbocycles. The summed E-state index contributed by atoms with van der Waals surface area (Å²) in [7, 11) is 0. The molecular formula is C19H34N2O3. The Labute approximate surface area is 146 Å². The Morgan fingerprint density at radius 1 is 1.21 bits per heavy atom. The van der Waals surface area contributed by atoms with Gasteiger partial charge in [-0.2, -0.15) is 0 Å². The van der Waals surface area contributed by atoms with E-state index >= 15 is 0 Å². The summed E-state index contributed by atoms with van der Waals surface area (Å²) in [5.41, 5.74) is 0. The Morgan fingerprint density at radius 2 is 1.96 bits per heavy atom. The lowest BCUT2D eigenvalue weighted by molar-refractivity contribution is -0.151. The smallest absolute Gasteiger partial charge is 0.310 e. The molecule has 5 atom stereocenters. The summed E-state index contributed by atoms with van der Waals surface area (Å²) in [6.45, 7) is 10.2. The first-order valence-corrected chi connectivity index (χ1v) is 9.65. The van der Waals surface area contributed by atoms with Crippen LogP contribution >= 0.6 is 0 Å². The van der Waals surface area contributed by atoms with Gasteiger partial charge in [0, 0.05) is 12.6 Å². The van der Waals surface area contributed by atoms with Crippen LogP contribution in [0.5, 0.6) is 0 Å². The van der Waals surface area contributed by atoms with Crippen LogP contribution in [-0.2, 0) is 14.3 Å². The van der Waals surface area contributed by atoms with Crippen molar-refractivity contribution in [3.05, 3.63) is 0 Å². The molecule has 1 N–H and O–H groups in total. The maximum Gasteiger partial charge on any atom is 0.310 e. The van der Waals surface area contributed by atoms with Crippen molar-refractivity contribution in [2.24, 2.45) is 17.8 Å². The summed E-state index contributed by atoms with van der Waals surface area (Å²) < 4.78 is 5.15. The van der Waals surface area contributed by atoms with Crippen LogP contribution < -0.4 is 5.32 Å². The minimum atomic E-state index is -0.188. The van der Waals surface area contributed by atoms with E-state index in [1.54, 1.807) is 0 Å². The molecule has 24 heavy (non-hydrogen) atoms. The molecule has 0 bridgehead atoms. The van der Waals surface area contributed by atoms with Gasteiger partial charge in [-0.15, -0.1) is 0 Å². The molecule has 5 heteroatoms. The van der Waals surface area contributed by atoms with Crippen LogP contribution in [0, 0.1) is 17.8 Å². The minimum Gasteiger partial charge on any atom is -0.466 e. The largest absolute Gasteiger partial charge is 0.466 e. The molecular weight excluding hydrogens is 304 g/mol. The lowest BCUT2D eigenvalue weighted by Crippen LogP contribution is -2.54. The molecule has 138 valence electrons. The second-order valence-electron chi connectivity index (χ2n) is 7.64. The van der Waals surface area contributed by atoms with Crippen molar-refractivity contribution in [3.63, 3.8) is 0 Å². The number of nitrogens with zero attached hydrogens (tertiary/aromatic N) is 1. The second-order valence-corrected chi connectivity index (χ2v) is 7.64. The Balaban J connectivity index is 1.88. The molecule has 0 radical (unpaired) electrons. The monoisotopic (exact) mass is 338 g/mol. The second kappa shape index (κ2) is 8.84. The molecule has 2 rings (SSSR count). The summed E-state index contributed by atoms with van der Waals surface area (Å²) in [5.74, 6) is 1.09. The van der Waals surface area contributed by atoms with Gasteiger partial charge >= 0.3 is 5.97 Å². The normalized spacial score (nSPS) is 32.8. The van der Waals surface area contributed by atoms with Gasteiger partial charge in [0.25, 0.3) is 0 Å². The average Bonchev–Trinajstić information content (AvgIpc) is 2.58. The van der Waals surface area contributed by atoms with Crippen LogP contribution in [0.25, 0.3) is 0 Å². The molecule has 1 saturated heterocycles. The molecule has 0 spiro atoms. The maximum absolute atomic E-state index is 12.7. The summed E-state index contributed by atoms with van der Waals surface area (Å²) >= 11 is 0. The fourth-order valence-electron chi connectivity index (χ4n) is 4.07. The SMILES string of the molecule is CCOC(=O)C1CCCN(C(C)C(=O)NC2CCCC(C)C2C)C1. The molecule has 1 saturated carbocycles. The van der Waals surface area contributed by atoms with Crippen molar-refractivity contribution >= 4 is 11.9 Å². The maximum atomic E-state index is 12.7. The Hall–Kier alpha value is -1.10. The molecule has 0 aromatic heterocycles. The number of likely N-dealkylation sites (tertiary alicyclic amines) is 1. The lowest BCUT2D eigenvalue weighted by Gasteiger charge is -2.38. The van der Waals surface area contributed by atoms with Gasteiger partial charge < -0.3 is 10.1 Å². The van der Waals surface area contributed by atoms with Crippen LogP contribution in [0.3, 0.4) is 0 Å². The highest BCUT2D eigenvalue weighted by Crippen LogP contribution is 2.29. The molecule has 1 heterocycles. The van der Waals surface area contributed by atoms with Crippen LogP contribution in [0.1, 0.15) is 59.8 Å². The number of hydrogen-bond donors (Lipinski definition) is 1. The lowest BCUT2D eigenvalue weighted by atomic mass is 9.78. The molecule has 5 nitrogen and oxygen atoms in total. The van der Waals surface area contributed by atoms with E-state index in [1.165, 1.54) is 12.8 Å². The summed E-state index contributed by atoms with van der Waals surface area (Å²) in [6, 6.07) is 0.0982. The Morgan fingerprint density at radius 3 is 2.67 bits per heavy atom. The molecule has 2 aliphatic rings. The van der Waals surface area contributed by atoms with E-state index in [9.17, 15) is 9.59 Å². The summed E-state index contributed by atoms with van der Waals surface area (Å²) in [4.78, 5) is 26.8. The zero-order valence-electron chi connectivity index (χ0n) is 15.7. The highest BCUT2D eigenvalue weighted by Gasteiger charge is 2.34. The van der Waals surface area contributed by atoms with Crippen molar-refractivity contribution in [2.75, 3.05) is 19.7 Å². The first-order chi connectivity index (χ1) is 11.4. The minimum absolute atomic E-state index is 0.0948. The zero-order chi connectivity index (χ0) is 17.7. The fraction of sp³-hybridized carbons (Fsp3) is 0.895. The van der Waals surface area contributed by atoms with Crippen molar-refractivity contribution in [2.45, 2.75) is 71.9 Å². The van der Waals surface area contributed by atoms with Crippen molar-refractivity contribution in [1.82, 2.24) is 10.2 Å². The van der Waals surface area contributed by atoms with Crippen molar-refractivity contribution in [3.8, 4) is 0 Å². The van der Waals surface area contributed by atoms with E-state index in [0.717, 1.165) is 25.8 Å². The standard InChI is InChI=1S/C19H34N2O3/c1-5-24-19(23)16-9-7-11-21(12-16)15(4)18(22)20-17-10-6-8-13(2)14(17)3/h13-17H,5-12H2,1-4H3,(H,20,22). The number of nitrogens with one attached hydrogen (secondary N) is 1. The topological polar surface area (TPSA) is 58.6 Å². The van der Waals surface area contributed by atoms with Crippen LogP contribution in [0.15, 0.2) is 0 Å². The van der Waals surface area contributed by atoms with Gasteiger partial charge in [-0.1, -0.05) is 26.7 Å². The number of esters is 1. The summed E-state index contributed by atoms with van der Waals surface area (Å²) in [5, 5.41) is 3.27. The predicted molar refractivity (Wildman–Crippen MR) is 94.5 cm³/mol. The number of amides is 1. The molecule has 1 amide bonds.